The van der Waals surface area contributed by atoms with Crippen molar-refractivity contribution >= 4 is 0 Å². The van der Waals surface area contributed by atoms with E-state index in [0.717, 1.165) is 22.3 Å². The fourth-order valence-corrected chi connectivity index (χ4v) is 4.51. The average molecular weight is 523 g/mol. The van der Waals surface area contributed by atoms with Gasteiger partial charge in [0.1, 0.15) is 24.1 Å². The summed E-state index contributed by atoms with van der Waals surface area (Å²) in [6, 6.07) is 40.1. The third-order valence-corrected chi connectivity index (χ3v) is 6.58. The molecule has 200 valence electrons. The van der Waals surface area contributed by atoms with E-state index in [0.29, 0.717) is 32.2 Å². The van der Waals surface area contributed by atoms with Gasteiger partial charge in [0.2, 0.25) is 6.29 Å². The van der Waals surface area contributed by atoms with Gasteiger partial charge in [-0.1, -0.05) is 128 Å². The zero-order valence-electron chi connectivity index (χ0n) is 21.9. The van der Waals surface area contributed by atoms with Gasteiger partial charge in [-0.2, -0.15) is 0 Å². The van der Waals surface area contributed by atoms with Crippen molar-refractivity contribution in [3.63, 3.8) is 0 Å². The Kier molecular flexibility index (Phi) is 9.55. The molecule has 5 rings (SSSR count). The monoisotopic (exact) mass is 522 g/mol. The number of ether oxygens (including phenoxy) is 5. The van der Waals surface area contributed by atoms with Crippen LogP contribution in [0.15, 0.2) is 134 Å². The number of rotatable bonds is 12. The molecule has 0 aromatic heterocycles. The maximum atomic E-state index is 6.55. The first kappa shape index (κ1) is 26.9. The van der Waals surface area contributed by atoms with E-state index < -0.39 is 24.6 Å². The summed E-state index contributed by atoms with van der Waals surface area (Å²) in [5, 5.41) is 0. The lowest BCUT2D eigenvalue weighted by Gasteiger charge is -2.43. The average Bonchev–Trinajstić information content (AvgIpc) is 3.00. The van der Waals surface area contributed by atoms with Gasteiger partial charge in [-0.25, -0.2) is 0 Å². The minimum atomic E-state index is -0.723. The van der Waals surface area contributed by atoms with Crippen molar-refractivity contribution in [3.05, 3.63) is 156 Å². The maximum absolute atomic E-state index is 6.55. The van der Waals surface area contributed by atoms with Crippen LogP contribution in [0.4, 0.5) is 0 Å². The van der Waals surface area contributed by atoms with Crippen LogP contribution < -0.4 is 0 Å². The summed E-state index contributed by atoms with van der Waals surface area (Å²) >= 11 is 0. The summed E-state index contributed by atoms with van der Waals surface area (Å²) in [4.78, 5) is 0. The second-order valence-electron chi connectivity index (χ2n) is 9.49. The van der Waals surface area contributed by atoms with E-state index in [4.69, 9.17) is 23.7 Å². The van der Waals surface area contributed by atoms with Crippen molar-refractivity contribution in [2.45, 2.75) is 51.0 Å². The summed E-state index contributed by atoms with van der Waals surface area (Å²) in [6.07, 6.45) is -2.35. The fourth-order valence-electron chi connectivity index (χ4n) is 4.51. The van der Waals surface area contributed by atoms with E-state index in [1.54, 1.807) is 0 Å². The third-order valence-electron chi connectivity index (χ3n) is 6.58. The topological polar surface area (TPSA) is 46.2 Å². The molecule has 4 aromatic carbocycles. The summed E-state index contributed by atoms with van der Waals surface area (Å²) < 4.78 is 32.0. The van der Waals surface area contributed by atoms with E-state index in [9.17, 15) is 0 Å². The molecule has 0 saturated carbocycles. The van der Waals surface area contributed by atoms with Gasteiger partial charge in [0.15, 0.2) is 0 Å². The summed E-state index contributed by atoms with van der Waals surface area (Å²) in [6.45, 7) is 5.73. The van der Waals surface area contributed by atoms with Gasteiger partial charge in [-0.3, -0.25) is 0 Å². The molecular weight excluding hydrogens is 488 g/mol. The standard InChI is InChI=1S/C34H34O5/c1-26-31(35-22-27-14-6-2-7-15-27)32(36-23-28-16-8-3-9-17-28)33(37-24-29-18-10-4-11-19-29)34(39-26)38-25-30-20-12-5-13-21-30/h2-21,31-34H,1,22-25H2/t31-,32+,33+,34+/m0/s1. The third kappa shape index (κ3) is 7.65. The lowest BCUT2D eigenvalue weighted by atomic mass is 10.0. The Bertz CT molecular complexity index is 1260. The molecule has 1 aliphatic heterocycles. The van der Waals surface area contributed by atoms with E-state index in [1.165, 1.54) is 0 Å². The predicted octanol–water partition coefficient (Wildman–Crippen LogP) is 6.83. The van der Waals surface area contributed by atoms with Gasteiger partial charge >= 0.3 is 0 Å². The smallest absolute Gasteiger partial charge is 0.229 e. The predicted molar refractivity (Wildman–Crippen MR) is 150 cm³/mol. The molecule has 0 N–H and O–H groups in total. The quantitative estimate of drug-likeness (QED) is 0.204. The first-order valence-corrected chi connectivity index (χ1v) is 13.2. The van der Waals surface area contributed by atoms with Gasteiger partial charge in [-0.05, 0) is 22.3 Å². The van der Waals surface area contributed by atoms with Crippen LogP contribution in [0.25, 0.3) is 0 Å². The number of hydrogen-bond donors (Lipinski definition) is 0. The molecule has 1 saturated heterocycles. The molecular formula is C34H34O5. The van der Waals surface area contributed by atoms with Gasteiger partial charge < -0.3 is 23.7 Å². The van der Waals surface area contributed by atoms with Gasteiger partial charge in [-0.15, -0.1) is 0 Å². The molecule has 0 unspecified atom stereocenters. The second kappa shape index (κ2) is 13.9. The number of benzene rings is 4. The molecule has 1 heterocycles. The largest absolute Gasteiger partial charge is 0.464 e. The highest BCUT2D eigenvalue weighted by atomic mass is 16.7. The molecule has 4 aromatic rings. The molecule has 1 fully saturated rings. The Morgan fingerprint density at radius 3 is 1.26 bits per heavy atom. The van der Waals surface area contributed by atoms with Crippen LogP contribution in [-0.2, 0) is 50.1 Å². The molecule has 1 aliphatic rings. The highest BCUT2D eigenvalue weighted by molar-refractivity contribution is 5.17. The SMILES string of the molecule is C=C1O[C@@H](OCc2ccccc2)[C@H](OCc2ccccc2)[C@H](OCc2ccccc2)[C@H]1OCc1ccccc1. The maximum Gasteiger partial charge on any atom is 0.229 e. The first-order chi connectivity index (χ1) is 19.3. The van der Waals surface area contributed by atoms with Crippen LogP contribution in [-0.4, -0.2) is 24.6 Å². The molecule has 0 spiro atoms. The molecule has 0 bridgehead atoms. The number of hydrogen-bond acceptors (Lipinski definition) is 5. The van der Waals surface area contributed by atoms with E-state index in [2.05, 4.69) is 6.58 Å². The first-order valence-electron chi connectivity index (χ1n) is 13.2. The zero-order valence-corrected chi connectivity index (χ0v) is 21.9. The van der Waals surface area contributed by atoms with Crippen LogP contribution >= 0.6 is 0 Å². The molecule has 0 aliphatic carbocycles. The molecule has 0 radical (unpaired) electrons. The molecule has 5 heteroatoms. The highest BCUT2D eigenvalue weighted by Crippen LogP contribution is 2.32. The van der Waals surface area contributed by atoms with Crippen LogP contribution in [0.5, 0.6) is 0 Å². The Labute approximate surface area is 230 Å². The minimum Gasteiger partial charge on any atom is -0.464 e. The Balaban J connectivity index is 1.39. The lowest BCUT2D eigenvalue weighted by Crippen LogP contribution is -2.55. The summed E-state index contributed by atoms with van der Waals surface area (Å²) in [5.74, 6) is 0.460. The molecule has 4 atom stereocenters. The molecule has 0 amide bonds. The van der Waals surface area contributed by atoms with Crippen molar-refractivity contribution in [1.29, 1.82) is 0 Å². The van der Waals surface area contributed by atoms with Crippen molar-refractivity contribution in [2.75, 3.05) is 0 Å². The zero-order chi connectivity index (χ0) is 26.7. The van der Waals surface area contributed by atoms with Gasteiger partial charge in [0.05, 0.1) is 26.4 Å². The van der Waals surface area contributed by atoms with Crippen LogP contribution in [0.1, 0.15) is 22.3 Å². The molecule has 5 nitrogen and oxygen atoms in total. The normalized spacial score (nSPS) is 20.9. The Morgan fingerprint density at radius 2 is 0.821 bits per heavy atom. The Morgan fingerprint density at radius 1 is 0.462 bits per heavy atom. The van der Waals surface area contributed by atoms with Crippen molar-refractivity contribution in [3.8, 4) is 0 Å². The molecule has 39 heavy (non-hydrogen) atoms. The highest BCUT2D eigenvalue weighted by Gasteiger charge is 2.46. The van der Waals surface area contributed by atoms with E-state index in [-0.39, 0.29) is 0 Å². The minimum absolute atomic E-state index is 0.366. The van der Waals surface area contributed by atoms with E-state index in [1.807, 2.05) is 121 Å². The van der Waals surface area contributed by atoms with Gasteiger partial charge in [0.25, 0.3) is 0 Å². The van der Waals surface area contributed by atoms with Crippen molar-refractivity contribution in [2.24, 2.45) is 0 Å². The van der Waals surface area contributed by atoms with Crippen LogP contribution in [0.2, 0.25) is 0 Å². The van der Waals surface area contributed by atoms with Crippen LogP contribution in [0.3, 0.4) is 0 Å². The van der Waals surface area contributed by atoms with Crippen molar-refractivity contribution in [1.82, 2.24) is 0 Å². The van der Waals surface area contributed by atoms with Crippen LogP contribution in [0, 0.1) is 0 Å². The van der Waals surface area contributed by atoms with E-state index >= 15 is 0 Å². The lowest BCUT2D eigenvalue weighted by molar-refractivity contribution is -0.280. The second-order valence-corrected chi connectivity index (χ2v) is 9.49. The van der Waals surface area contributed by atoms with Crippen molar-refractivity contribution < 1.29 is 23.7 Å². The van der Waals surface area contributed by atoms with Gasteiger partial charge in [0, 0.05) is 0 Å². The fraction of sp³-hybridized carbons (Fsp3) is 0.235. The summed E-state index contributed by atoms with van der Waals surface area (Å²) in [5.41, 5.74) is 4.20. The Hall–Kier alpha value is -3.74. The summed E-state index contributed by atoms with van der Waals surface area (Å²) in [7, 11) is 0.